The van der Waals surface area contributed by atoms with Crippen LogP contribution in [0.2, 0.25) is 0 Å². The Balaban J connectivity index is 1.53. The van der Waals surface area contributed by atoms with E-state index in [0.717, 1.165) is 49.1 Å². The maximum atomic E-state index is 10.3. The maximum absolute atomic E-state index is 10.3. The van der Waals surface area contributed by atoms with Crippen LogP contribution in [0.25, 0.3) is 0 Å². The van der Waals surface area contributed by atoms with Crippen molar-refractivity contribution >= 4 is 23.4 Å². The molecular formula is C16H26N4OS. The van der Waals surface area contributed by atoms with Crippen LogP contribution < -0.4 is 10.2 Å². The van der Waals surface area contributed by atoms with Crippen molar-refractivity contribution in [3.63, 3.8) is 0 Å². The van der Waals surface area contributed by atoms with Gasteiger partial charge in [-0.2, -0.15) is 11.8 Å². The Morgan fingerprint density at radius 3 is 2.77 bits per heavy atom. The van der Waals surface area contributed by atoms with Crippen molar-refractivity contribution in [2.45, 2.75) is 38.2 Å². The summed E-state index contributed by atoms with van der Waals surface area (Å²) >= 11 is 1.99. The Labute approximate surface area is 136 Å². The standard InChI is InChI=1S/C16H26N4OS/c21-14(13-4-2-1-3-5-13)11-17-15-10-16(19-12-18-15)20-6-8-22-9-7-20/h10,12-14,21H,1-9,11H2,(H,17,18,19). The molecule has 22 heavy (non-hydrogen) atoms. The Hall–Kier alpha value is -1.01. The molecule has 1 unspecified atom stereocenters. The number of anilines is 2. The molecule has 1 atom stereocenters. The average molecular weight is 322 g/mol. The summed E-state index contributed by atoms with van der Waals surface area (Å²) in [5, 5.41) is 13.6. The van der Waals surface area contributed by atoms with Gasteiger partial charge in [0.2, 0.25) is 0 Å². The van der Waals surface area contributed by atoms with Crippen molar-refractivity contribution in [3.05, 3.63) is 12.4 Å². The molecule has 1 saturated carbocycles. The van der Waals surface area contributed by atoms with Crippen LogP contribution in [0.4, 0.5) is 11.6 Å². The summed E-state index contributed by atoms with van der Waals surface area (Å²) in [6.07, 6.45) is 7.49. The van der Waals surface area contributed by atoms with E-state index >= 15 is 0 Å². The number of nitrogens with one attached hydrogen (secondary N) is 1. The van der Waals surface area contributed by atoms with Gasteiger partial charge in [-0.05, 0) is 18.8 Å². The van der Waals surface area contributed by atoms with Crippen LogP contribution in [-0.4, -0.2) is 52.3 Å². The SMILES string of the molecule is OC(CNc1cc(N2CCSCC2)ncn1)C1CCCCC1. The van der Waals surface area contributed by atoms with Gasteiger partial charge >= 0.3 is 0 Å². The van der Waals surface area contributed by atoms with Gasteiger partial charge in [-0.1, -0.05) is 19.3 Å². The second-order valence-electron chi connectivity index (χ2n) is 6.21. The van der Waals surface area contributed by atoms with Crippen molar-refractivity contribution in [1.82, 2.24) is 9.97 Å². The van der Waals surface area contributed by atoms with Gasteiger partial charge in [0.05, 0.1) is 6.10 Å². The van der Waals surface area contributed by atoms with Crippen LogP contribution in [0, 0.1) is 5.92 Å². The lowest BCUT2D eigenvalue weighted by Crippen LogP contribution is -2.33. The summed E-state index contributed by atoms with van der Waals surface area (Å²) in [4.78, 5) is 11.0. The third-order valence-electron chi connectivity index (χ3n) is 4.67. The predicted octanol–water partition coefficient (Wildman–Crippen LogP) is 2.38. The molecule has 0 amide bonds. The molecule has 0 aromatic carbocycles. The first-order chi connectivity index (χ1) is 10.8. The number of aromatic nitrogens is 2. The highest BCUT2D eigenvalue weighted by molar-refractivity contribution is 7.99. The number of aliphatic hydroxyl groups excluding tert-OH is 1. The molecule has 0 radical (unpaired) electrons. The van der Waals surface area contributed by atoms with Crippen molar-refractivity contribution in [2.24, 2.45) is 5.92 Å². The third kappa shape index (κ3) is 4.26. The van der Waals surface area contributed by atoms with E-state index < -0.39 is 0 Å². The van der Waals surface area contributed by atoms with Gasteiger partial charge in [0.15, 0.2) is 0 Å². The van der Waals surface area contributed by atoms with Gasteiger partial charge < -0.3 is 15.3 Å². The molecule has 1 aliphatic carbocycles. The first-order valence-corrected chi connectivity index (χ1v) is 9.55. The zero-order valence-corrected chi connectivity index (χ0v) is 13.9. The Morgan fingerprint density at radius 1 is 1.23 bits per heavy atom. The Morgan fingerprint density at radius 2 is 2.00 bits per heavy atom. The summed E-state index contributed by atoms with van der Waals surface area (Å²) in [5.74, 6) is 4.57. The van der Waals surface area contributed by atoms with Gasteiger partial charge in [0, 0.05) is 37.2 Å². The zero-order chi connectivity index (χ0) is 15.2. The molecule has 2 heterocycles. The molecule has 5 nitrogen and oxygen atoms in total. The Kier molecular flexibility index (Phi) is 5.78. The molecule has 0 bridgehead atoms. The van der Waals surface area contributed by atoms with Crippen LogP contribution in [0.15, 0.2) is 12.4 Å². The second kappa shape index (κ2) is 8.02. The minimum absolute atomic E-state index is 0.273. The van der Waals surface area contributed by atoms with Gasteiger partial charge in [-0.15, -0.1) is 0 Å². The van der Waals surface area contributed by atoms with Crippen molar-refractivity contribution in [1.29, 1.82) is 0 Å². The van der Waals surface area contributed by atoms with E-state index in [-0.39, 0.29) is 6.10 Å². The predicted molar refractivity (Wildman–Crippen MR) is 92.6 cm³/mol. The van der Waals surface area contributed by atoms with Crippen molar-refractivity contribution < 1.29 is 5.11 Å². The highest BCUT2D eigenvalue weighted by Crippen LogP contribution is 2.26. The molecule has 3 rings (SSSR count). The molecule has 1 saturated heterocycles. The molecule has 2 fully saturated rings. The highest BCUT2D eigenvalue weighted by Gasteiger charge is 2.21. The first-order valence-electron chi connectivity index (χ1n) is 8.39. The molecule has 2 N–H and O–H groups in total. The monoisotopic (exact) mass is 322 g/mol. The first kappa shape index (κ1) is 15.9. The van der Waals surface area contributed by atoms with E-state index in [9.17, 15) is 5.11 Å². The minimum atomic E-state index is -0.273. The smallest absolute Gasteiger partial charge is 0.134 e. The normalized spacial score (nSPS) is 21.6. The summed E-state index contributed by atoms with van der Waals surface area (Å²) in [6, 6.07) is 2.00. The number of rotatable bonds is 5. The second-order valence-corrected chi connectivity index (χ2v) is 7.43. The summed E-state index contributed by atoms with van der Waals surface area (Å²) < 4.78 is 0. The number of thioether (sulfide) groups is 1. The molecule has 1 aromatic heterocycles. The highest BCUT2D eigenvalue weighted by atomic mass is 32.2. The third-order valence-corrected chi connectivity index (χ3v) is 5.62. The number of nitrogens with zero attached hydrogens (tertiary/aromatic N) is 3. The number of hydrogen-bond donors (Lipinski definition) is 2. The minimum Gasteiger partial charge on any atom is -0.391 e. The number of aliphatic hydroxyl groups is 1. The van der Waals surface area contributed by atoms with Crippen molar-refractivity contribution in [2.75, 3.05) is 41.4 Å². The van der Waals surface area contributed by atoms with Gasteiger partial charge in [0.1, 0.15) is 18.0 Å². The van der Waals surface area contributed by atoms with E-state index in [2.05, 4.69) is 20.2 Å². The number of hydrogen-bond acceptors (Lipinski definition) is 6. The van der Waals surface area contributed by atoms with Crippen LogP contribution in [-0.2, 0) is 0 Å². The largest absolute Gasteiger partial charge is 0.391 e. The quantitative estimate of drug-likeness (QED) is 0.868. The fourth-order valence-corrected chi connectivity index (χ4v) is 4.21. The van der Waals surface area contributed by atoms with E-state index in [0.29, 0.717) is 12.5 Å². The lowest BCUT2D eigenvalue weighted by molar-refractivity contribution is 0.0956. The molecule has 2 aliphatic rings. The van der Waals surface area contributed by atoms with E-state index in [1.165, 1.54) is 19.3 Å². The molecular weight excluding hydrogens is 296 g/mol. The van der Waals surface area contributed by atoms with Crippen LogP contribution in [0.3, 0.4) is 0 Å². The van der Waals surface area contributed by atoms with Gasteiger partial charge in [0.25, 0.3) is 0 Å². The Bertz CT molecular complexity index is 461. The lowest BCUT2D eigenvalue weighted by Gasteiger charge is -2.28. The van der Waals surface area contributed by atoms with E-state index in [1.54, 1.807) is 6.33 Å². The molecule has 1 aromatic rings. The average Bonchev–Trinajstić information content (AvgIpc) is 2.61. The van der Waals surface area contributed by atoms with Gasteiger partial charge in [-0.3, -0.25) is 0 Å². The maximum Gasteiger partial charge on any atom is 0.134 e. The lowest BCUT2D eigenvalue weighted by atomic mass is 9.85. The van der Waals surface area contributed by atoms with E-state index in [4.69, 9.17) is 0 Å². The van der Waals surface area contributed by atoms with Crippen LogP contribution >= 0.6 is 11.8 Å². The molecule has 0 spiro atoms. The van der Waals surface area contributed by atoms with E-state index in [1.807, 2.05) is 17.8 Å². The fraction of sp³-hybridized carbons (Fsp3) is 0.750. The van der Waals surface area contributed by atoms with Crippen LogP contribution in [0.5, 0.6) is 0 Å². The topological polar surface area (TPSA) is 61.3 Å². The zero-order valence-electron chi connectivity index (χ0n) is 13.1. The fourth-order valence-electron chi connectivity index (χ4n) is 3.30. The van der Waals surface area contributed by atoms with Crippen molar-refractivity contribution in [3.8, 4) is 0 Å². The van der Waals surface area contributed by atoms with Crippen LogP contribution in [0.1, 0.15) is 32.1 Å². The summed E-state index contributed by atoms with van der Waals surface area (Å²) in [6.45, 7) is 2.68. The molecule has 122 valence electrons. The summed E-state index contributed by atoms with van der Waals surface area (Å²) in [7, 11) is 0. The van der Waals surface area contributed by atoms with Gasteiger partial charge in [-0.25, -0.2) is 9.97 Å². The molecule has 1 aliphatic heterocycles. The molecule has 6 heteroatoms. The summed E-state index contributed by atoms with van der Waals surface area (Å²) in [5.41, 5.74) is 0.